The lowest BCUT2D eigenvalue weighted by Crippen LogP contribution is -2.57. The Labute approximate surface area is 272 Å². The highest BCUT2D eigenvalue weighted by molar-refractivity contribution is 6.10. The second-order valence-electron chi connectivity index (χ2n) is 13.0. The Balaban J connectivity index is 4.02. The van der Waals surface area contributed by atoms with Gasteiger partial charge in [-0.1, -0.05) is 141 Å². The topological polar surface area (TPSA) is 94.8 Å². The third-order valence-corrected chi connectivity index (χ3v) is 8.84. The second-order valence-corrected chi connectivity index (χ2v) is 13.0. The quantitative estimate of drug-likeness (QED) is 0.0378. The maximum atomic E-state index is 12.8. The molecule has 0 heterocycles. The molecule has 0 bridgehead atoms. The lowest BCUT2D eigenvalue weighted by molar-refractivity contribution is -0.166. The van der Waals surface area contributed by atoms with E-state index in [2.05, 4.69) is 38.2 Å². The average Bonchev–Trinajstić information content (AvgIpc) is 3.03. The number of rotatable bonds is 34. The van der Waals surface area contributed by atoms with Crippen molar-refractivity contribution in [1.29, 1.82) is 0 Å². The lowest BCUT2D eigenvalue weighted by atomic mass is 9.82. The summed E-state index contributed by atoms with van der Waals surface area (Å²) in [7, 11) is 0. The molecule has 5 heteroatoms. The molecule has 0 aromatic carbocycles. The Morgan fingerprint density at radius 3 is 1.07 bits per heavy atom. The predicted octanol–water partition coefficient (Wildman–Crippen LogP) is 10.3. The molecule has 0 radical (unpaired) electrons. The summed E-state index contributed by atoms with van der Waals surface area (Å²) in [5.74, 6) is -1.32. The number of hydrogen-bond acceptors (Lipinski definition) is 5. The van der Waals surface area contributed by atoms with Gasteiger partial charge in [-0.25, -0.2) is 0 Å². The molecule has 0 amide bonds. The number of unbranched alkanes of at least 4 members (excludes halogenated alkanes) is 22. The van der Waals surface area contributed by atoms with Gasteiger partial charge in [-0.05, 0) is 64.2 Å². The van der Waals surface area contributed by atoms with Gasteiger partial charge in [0.15, 0.2) is 11.6 Å². The normalized spacial score (nSPS) is 14.0. The molecule has 0 rings (SSSR count). The first-order valence-corrected chi connectivity index (χ1v) is 18.8. The maximum absolute atomic E-state index is 12.8. The monoisotopic (exact) mass is 621 g/mol. The van der Waals surface area contributed by atoms with E-state index in [4.69, 9.17) is 0 Å². The Morgan fingerprint density at radius 1 is 0.500 bits per heavy atom. The largest absolute Gasteiger partial charge is 0.394 e. The summed E-state index contributed by atoms with van der Waals surface area (Å²) in [6.45, 7) is 3.68. The molecular formula is C39H72O5. The van der Waals surface area contributed by atoms with Gasteiger partial charge in [0.05, 0.1) is 6.61 Å². The number of aliphatic hydroxyl groups excluding tert-OH is 2. The molecule has 0 aliphatic rings. The SMILES string of the molecule is CCCCCCCCC=CCCCCCCCC(=O)C(O)(C(=O)CCCCCCCC=CCCCCCCCC)[C@@H](O)CO. The van der Waals surface area contributed by atoms with E-state index in [9.17, 15) is 24.9 Å². The summed E-state index contributed by atoms with van der Waals surface area (Å²) >= 11 is 0. The van der Waals surface area contributed by atoms with Gasteiger partial charge in [-0.2, -0.15) is 0 Å². The first kappa shape index (κ1) is 42.7. The fraction of sp³-hybridized carbons (Fsp3) is 0.846. The summed E-state index contributed by atoms with van der Waals surface area (Å²) in [4.78, 5) is 25.7. The molecule has 0 aliphatic carbocycles. The summed E-state index contributed by atoms with van der Waals surface area (Å²) in [6.07, 6.45) is 37.3. The van der Waals surface area contributed by atoms with Crippen molar-refractivity contribution in [3.63, 3.8) is 0 Å². The number of carbonyl (C=O) groups is 2. The molecule has 0 fully saturated rings. The van der Waals surface area contributed by atoms with E-state index in [1.54, 1.807) is 0 Å². The molecule has 1 atom stereocenters. The Kier molecular flexibility index (Phi) is 30.7. The molecule has 3 N–H and O–H groups in total. The molecule has 0 aromatic rings. The van der Waals surface area contributed by atoms with E-state index in [1.165, 1.54) is 89.9 Å². The van der Waals surface area contributed by atoms with Crippen LogP contribution in [0.2, 0.25) is 0 Å². The van der Waals surface area contributed by atoms with Crippen LogP contribution in [0.25, 0.3) is 0 Å². The van der Waals surface area contributed by atoms with Crippen LogP contribution in [0.1, 0.15) is 194 Å². The number of Topliss-reactive ketones (excluding diaryl/α,β-unsaturated/α-hetero) is 2. The van der Waals surface area contributed by atoms with Crippen LogP contribution in [-0.4, -0.2) is 45.2 Å². The zero-order valence-electron chi connectivity index (χ0n) is 29.1. The minimum atomic E-state index is -2.49. The highest BCUT2D eigenvalue weighted by Gasteiger charge is 2.48. The molecule has 0 saturated carbocycles. The van der Waals surface area contributed by atoms with Gasteiger partial charge in [0.25, 0.3) is 0 Å². The standard InChI is InChI=1S/C39H72O5/c1-3-5-7-9-11-13-15-17-19-21-23-25-27-29-31-33-36(41)39(44,38(43)35-40)37(42)34-32-30-28-26-24-22-20-18-16-14-12-10-8-6-4-2/h17-20,38,40,43-44H,3-16,21-35H2,1-2H3/t38-,39?/m0/s1. The average molecular weight is 621 g/mol. The van der Waals surface area contributed by atoms with Crippen molar-refractivity contribution < 1.29 is 24.9 Å². The van der Waals surface area contributed by atoms with E-state index < -0.39 is 29.9 Å². The Bertz CT molecular complexity index is 661. The molecule has 5 nitrogen and oxygen atoms in total. The highest BCUT2D eigenvalue weighted by atomic mass is 16.4. The molecular weight excluding hydrogens is 548 g/mol. The molecule has 0 unspecified atom stereocenters. The van der Waals surface area contributed by atoms with Crippen molar-refractivity contribution in [2.24, 2.45) is 0 Å². The van der Waals surface area contributed by atoms with Gasteiger partial charge in [0.1, 0.15) is 6.10 Å². The van der Waals surface area contributed by atoms with Crippen molar-refractivity contribution in [2.75, 3.05) is 6.61 Å². The summed E-state index contributed by atoms with van der Waals surface area (Å²) in [5.41, 5.74) is -2.49. The Morgan fingerprint density at radius 2 is 0.773 bits per heavy atom. The number of ketones is 2. The van der Waals surface area contributed by atoms with E-state index in [0.29, 0.717) is 12.8 Å². The van der Waals surface area contributed by atoms with Crippen molar-refractivity contribution in [1.82, 2.24) is 0 Å². The smallest absolute Gasteiger partial charge is 0.209 e. The van der Waals surface area contributed by atoms with E-state index >= 15 is 0 Å². The van der Waals surface area contributed by atoms with E-state index in [-0.39, 0.29) is 12.8 Å². The van der Waals surface area contributed by atoms with Gasteiger partial charge in [0.2, 0.25) is 5.60 Å². The van der Waals surface area contributed by atoms with Gasteiger partial charge in [-0.3, -0.25) is 9.59 Å². The van der Waals surface area contributed by atoms with E-state index in [1.807, 2.05) is 0 Å². The minimum absolute atomic E-state index is 0.0455. The molecule has 258 valence electrons. The molecule has 0 saturated heterocycles. The molecule has 44 heavy (non-hydrogen) atoms. The highest BCUT2D eigenvalue weighted by Crippen LogP contribution is 2.22. The van der Waals surface area contributed by atoms with Crippen molar-refractivity contribution in [2.45, 2.75) is 205 Å². The third-order valence-electron chi connectivity index (χ3n) is 8.84. The van der Waals surface area contributed by atoms with Crippen LogP contribution in [0.5, 0.6) is 0 Å². The maximum Gasteiger partial charge on any atom is 0.209 e. The fourth-order valence-corrected chi connectivity index (χ4v) is 5.75. The number of aliphatic hydroxyl groups is 3. The van der Waals surface area contributed by atoms with Crippen LogP contribution >= 0.6 is 0 Å². The van der Waals surface area contributed by atoms with Gasteiger partial charge in [0, 0.05) is 12.8 Å². The van der Waals surface area contributed by atoms with Crippen LogP contribution in [-0.2, 0) is 9.59 Å². The summed E-state index contributed by atoms with van der Waals surface area (Å²) < 4.78 is 0. The zero-order chi connectivity index (χ0) is 32.6. The van der Waals surface area contributed by atoms with E-state index in [0.717, 1.165) is 64.2 Å². The second kappa shape index (κ2) is 31.7. The summed E-state index contributed by atoms with van der Waals surface area (Å²) in [5, 5.41) is 30.6. The van der Waals surface area contributed by atoms with Crippen LogP contribution in [0.3, 0.4) is 0 Å². The zero-order valence-corrected chi connectivity index (χ0v) is 29.1. The third kappa shape index (κ3) is 23.1. The first-order chi connectivity index (χ1) is 21.4. The number of hydrogen-bond donors (Lipinski definition) is 3. The van der Waals surface area contributed by atoms with Gasteiger partial charge >= 0.3 is 0 Å². The predicted molar refractivity (Wildman–Crippen MR) is 187 cm³/mol. The van der Waals surface area contributed by atoms with Crippen LogP contribution in [0.4, 0.5) is 0 Å². The summed E-state index contributed by atoms with van der Waals surface area (Å²) in [6, 6.07) is 0. The van der Waals surface area contributed by atoms with Crippen molar-refractivity contribution in [3.8, 4) is 0 Å². The van der Waals surface area contributed by atoms with Gasteiger partial charge < -0.3 is 15.3 Å². The van der Waals surface area contributed by atoms with Gasteiger partial charge in [-0.15, -0.1) is 0 Å². The fourth-order valence-electron chi connectivity index (χ4n) is 5.75. The lowest BCUT2D eigenvalue weighted by Gasteiger charge is -2.29. The minimum Gasteiger partial charge on any atom is -0.394 e. The molecule has 0 spiro atoms. The van der Waals surface area contributed by atoms with Crippen molar-refractivity contribution in [3.05, 3.63) is 24.3 Å². The van der Waals surface area contributed by atoms with Crippen LogP contribution < -0.4 is 0 Å². The van der Waals surface area contributed by atoms with Crippen molar-refractivity contribution >= 4 is 11.6 Å². The molecule has 0 aliphatic heterocycles. The number of allylic oxidation sites excluding steroid dienone is 4. The first-order valence-electron chi connectivity index (χ1n) is 18.8. The van der Waals surface area contributed by atoms with Crippen LogP contribution in [0, 0.1) is 0 Å². The Hall–Kier alpha value is -1.30. The molecule has 0 aromatic heterocycles. The number of carbonyl (C=O) groups excluding carboxylic acids is 2. The van der Waals surface area contributed by atoms with Crippen LogP contribution in [0.15, 0.2) is 24.3 Å².